The van der Waals surface area contributed by atoms with Crippen LogP contribution in [-0.4, -0.2) is 27.0 Å². The Bertz CT molecular complexity index is 1110. The summed E-state index contributed by atoms with van der Waals surface area (Å²) in [5.41, 5.74) is 0.486. The van der Waals surface area contributed by atoms with E-state index in [2.05, 4.69) is 21.7 Å². The molecule has 10 heteroatoms. The van der Waals surface area contributed by atoms with Gasteiger partial charge in [-0.2, -0.15) is 8.78 Å². The largest absolute Gasteiger partial charge is 0.492 e. The van der Waals surface area contributed by atoms with Gasteiger partial charge in [-0.15, -0.1) is 0 Å². The number of sulfonamides is 1. The predicted octanol–water partition coefficient (Wildman–Crippen LogP) is 5.64. The summed E-state index contributed by atoms with van der Waals surface area (Å²) in [6.07, 6.45) is 0.263. The van der Waals surface area contributed by atoms with Gasteiger partial charge in [-0.1, -0.05) is 13.0 Å². The average Bonchev–Trinajstić information content (AvgIpc) is 2.73. The molecule has 2 aromatic carbocycles. The lowest BCUT2D eigenvalue weighted by Gasteiger charge is -2.25. The predicted molar refractivity (Wildman–Crippen MR) is 126 cm³/mol. The van der Waals surface area contributed by atoms with Crippen molar-refractivity contribution in [1.82, 2.24) is 0 Å². The van der Waals surface area contributed by atoms with E-state index in [0.29, 0.717) is 18.5 Å². The second kappa shape index (κ2) is 10.6. The van der Waals surface area contributed by atoms with Gasteiger partial charge in [-0.3, -0.25) is 9.52 Å². The van der Waals surface area contributed by atoms with E-state index in [0.717, 1.165) is 31.7 Å². The molecule has 2 N–H and O–H groups in total. The quantitative estimate of drug-likeness (QED) is 0.468. The third kappa shape index (κ3) is 7.06. The number of hydrogen-bond acceptors (Lipinski definition) is 5. The van der Waals surface area contributed by atoms with Gasteiger partial charge in [0.15, 0.2) is 0 Å². The molecule has 1 amide bonds. The van der Waals surface area contributed by atoms with Crippen LogP contribution in [0.4, 0.5) is 20.2 Å². The lowest BCUT2D eigenvalue weighted by Crippen LogP contribution is -2.26. The lowest BCUT2D eigenvalue weighted by atomic mass is 9.82. The summed E-state index contributed by atoms with van der Waals surface area (Å²) in [5.74, 6) is 0.344. The van der Waals surface area contributed by atoms with Crippen LogP contribution in [-0.2, 0) is 14.8 Å². The number of benzene rings is 2. The van der Waals surface area contributed by atoms with E-state index in [1.807, 2.05) is 0 Å². The Kier molecular flexibility index (Phi) is 8.01. The van der Waals surface area contributed by atoms with E-state index in [9.17, 15) is 22.0 Å². The van der Waals surface area contributed by atoms with Crippen molar-refractivity contribution in [3.8, 4) is 11.5 Å². The van der Waals surface area contributed by atoms with Gasteiger partial charge >= 0.3 is 6.11 Å². The normalized spacial score (nSPS) is 18.7. The molecule has 34 heavy (non-hydrogen) atoms. The van der Waals surface area contributed by atoms with Crippen LogP contribution in [0, 0.1) is 11.8 Å². The highest BCUT2D eigenvalue weighted by Gasteiger charge is 2.26. The molecule has 0 spiro atoms. The first-order chi connectivity index (χ1) is 16.0. The third-order valence-electron chi connectivity index (χ3n) is 5.57. The number of nitrogens with one attached hydrogen (secondary N) is 2. The number of halogens is 2. The van der Waals surface area contributed by atoms with Crippen LogP contribution < -0.4 is 19.5 Å². The highest BCUT2D eigenvalue weighted by atomic mass is 32.2. The van der Waals surface area contributed by atoms with Gasteiger partial charge in [0.1, 0.15) is 16.4 Å². The molecule has 1 saturated carbocycles. The van der Waals surface area contributed by atoms with Gasteiger partial charge in [0.2, 0.25) is 5.91 Å². The average molecular weight is 497 g/mol. The van der Waals surface area contributed by atoms with E-state index >= 15 is 0 Å². The van der Waals surface area contributed by atoms with E-state index in [4.69, 9.17) is 4.74 Å². The maximum absolute atomic E-state index is 13.1. The summed E-state index contributed by atoms with van der Waals surface area (Å²) in [6, 6.07) is 9.58. The molecule has 1 fully saturated rings. The molecule has 0 bridgehead atoms. The zero-order valence-electron chi connectivity index (χ0n) is 19.4. The van der Waals surface area contributed by atoms with Crippen molar-refractivity contribution in [2.45, 2.75) is 57.5 Å². The first-order valence-electron chi connectivity index (χ1n) is 11.2. The Morgan fingerprint density at radius 3 is 2.44 bits per heavy atom. The molecule has 1 aliphatic rings. The highest BCUT2D eigenvalue weighted by molar-refractivity contribution is 7.92. The molecule has 2 aromatic rings. The second-order valence-corrected chi connectivity index (χ2v) is 10.2. The van der Waals surface area contributed by atoms with Gasteiger partial charge in [0.05, 0.1) is 12.3 Å². The first kappa shape index (κ1) is 25.7. The number of alkyl halides is 2. The van der Waals surface area contributed by atoms with Crippen molar-refractivity contribution in [2.75, 3.05) is 16.6 Å². The SMILES string of the molecule is CCOc1cc(NC(=O)[C@H]2CC[C@@H](C)CC2)ccc1S(=O)(=O)Nc1cccc(OC(C)(F)F)c1. The van der Waals surface area contributed by atoms with E-state index in [1.54, 1.807) is 6.92 Å². The minimum Gasteiger partial charge on any atom is -0.492 e. The van der Waals surface area contributed by atoms with Crippen molar-refractivity contribution in [3.63, 3.8) is 0 Å². The number of ether oxygens (including phenoxy) is 2. The smallest absolute Gasteiger partial charge is 0.394 e. The van der Waals surface area contributed by atoms with Crippen LogP contribution in [0.5, 0.6) is 11.5 Å². The Morgan fingerprint density at radius 2 is 1.79 bits per heavy atom. The van der Waals surface area contributed by atoms with Crippen molar-refractivity contribution in [3.05, 3.63) is 42.5 Å². The van der Waals surface area contributed by atoms with E-state index in [1.165, 1.54) is 36.4 Å². The van der Waals surface area contributed by atoms with Crippen LogP contribution in [0.15, 0.2) is 47.4 Å². The summed E-state index contributed by atoms with van der Waals surface area (Å²) in [7, 11) is -4.13. The van der Waals surface area contributed by atoms with Crippen molar-refractivity contribution in [1.29, 1.82) is 0 Å². The van der Waals surface area contributed by atoms with Gasteiger partial charge in [-0.25, -0.2) is 8.42 Å². The van der Waals surface area contributed by atoms with Crippen LogP contribution in [0.3, 0.4) is 0 Å². The number of carbonyl (C=O) groups is 1. The zero-order valence-corrected chi connectivity index (χ0v) is 20.3. The van der Waals surface area contributed by atoms with Gasteiger partial charge in [-0.05, 0) is 62.8 Å². The topological polar surface area (TPSA) is 93.7 Å². The van der Waals surface area contributed by atoms with Crippen LogP contribution in [0.2, 0.25) is 0 Å². The monoisotopic (exact) mass is 496 g/mol. The maximum Gasteiger partial charge on any atom is 0.394 e. The lowest BCUT2D eigenvalue weighted by molar-refractivity contribution is -0.158. The van der Waals surface area contributed by atoms with E-state index in [-0.39, 0.29) is 40.5 Å². The molecule has 0 atom stereocenters. The molecule has 0 unspecified atom stereocenters. The molecule has 0 aliphatic heterocycles. The fourth-order valence-corrected chi connectivity index (χ4v) is 5.06. The summed E-state index contributed by atoms with van der Waals surface area (Å²) >= 11 is 0. The fourth-order valence-electron chi connectivity index (χ4n) is 3.88. The van der Waals surface area contributed by atoms with Gasteiger partial charge < -0.3 is 14.8 Å². The van der Waals surface area contributed by atoms with Crippen molar-refractivity contribution < 1.29 is 31.5 Å². The van der Waals surface area contributed by atoms with Crippen LogP contribution in [0.1, 0.15) is 46.5 Å². The molecular weight excluding hydrogens is 466 g/mol. The van der Waals surface area contributed by atoms with Gasteiger partial charge in [0.25, 0.3) is 10.0 Å². The summed E-state index contributed by atoms with van der Waals surface area (Å²) in [5, 5.41) is 2.86. The first-order valence-corrected chi connectivity index (χ1v) is 12.7. The standard InChI is InChI=1S/C24H30F2N2O5S/c1-4-32-21-15-18(27-23(29)17-10-8-16(2)9-11-17)12-13-22(21)34(30,31)28-19-6-5-7-20(14-19)33-24(3,25)26/h5-7,12-17,28H,4,8-11H2,1-3H3,(H,27,29)/t16-,17+. The Hall–Kier alpha value is -2.88. The molecule has 186 valence electrons. The van der Waals surface area contributed by atoms with Crippen molar-refractivity contribution >= 4 is 27.3 Å². The molecule has 1 aliphatic carbocycles. The number of amides is 1. The molecule has 7 nitrogen and oxygen atoms in total. The zero-order chi connectivity index (χ0) is 24.9. The fraction of sp³-hybridized carbons (Fsp3) is 0.458. The molecule has 0 aromatic heterocycles. The van der Waals surface area contributed by atoms with Crippen LogP contribution in [0.25, 0.3) is 0 Å². The second-order valence-electron chi connectivity index (χ2n) is 8.58. The van der Waals surface area contributed by atoms with Crippen molar-refractivity contribution in [2.24, 2.45) is 11.8 Å². The molecule has 0 heterocycles. The number of carbonyl (C=O) groups excluding carboxylic acids is 1. The number of rotatable bonds is 9. The number of hydrogen-bond donors (Lipinski definition) is 2. The van der Waals surface area contributed by atoms with E-state index < -0.39 is 16.1 Å². The number of anilines is 2. The van der Waals surface area contributed by atoms with Crippen LogP contribution >= 0.6 is 0 Å². The Morgan fingerprint density at radius 1 is 1.09 bits per heavy atom. The minimum atomic E-state index is -4.13. The highest BCUT2D eigenvalue weighted by Crippen LogP contribution is 2.32. The molecule has 3 rings (SSSR count). The maximum atomic E-state index is 13.1. The molecule has 0 saturated heterocycles. The Labute approximate surface area is 198 Å². The summed E-state index contributed by atoms with van der Waals surface area (Å²) in [6.45, 7) is 4.69. The third-order valence-corrected chi connectivity index (χ3v) is 6.99. The minimum absolute atomic E-state index is 0.0492. The Balaban J connectivity index is 1.79. The summed E-state index contributed by atoms with van der Waals surface area (Å²) < 4.78 is 64.7. The van der Waals surface area contributed by atoms with Gasteiger partial charge in [0, 0.05) is 30.7 Å². The molecule has 0 radical (unpaired) electrons. The molecular formula is C24H30F2N2O5S. The summed E-state index contributed by atoms with van der Waals surface area (Å²) in [4.78, 5) is 12.5.